The topological polar surface area (TPSA) is 51.2 Å². The summed E-state index contributed by atoms with van der Waals surface area (Å²) in [6, 6.07) is 0. The molecule has 2 heterocycles. The summed E-state index contributed by atoms with van der Waals surface area (Å²) < 4.78 is 5.32. The molecule has 4 nitrogen and oxygen atoms in total. The van der Waals surface area contributed by atoms with E-state index in [1.54, 1.807) is 11.3 Å². The van der Waals surface area contributed by atoms with E-state index in [4.69, 9.17) is 4.74 Å². The van der Waals surface area contributed by atoms with Crippen molar-refractivity contribution in [1.82, 2.24) is 10.3 Å². The summed E-state index contributed by atoms with van der Waals surface area (Å²) in [6.07, 6.45) is 1.56. The lowest BCUT2D eigenvalue weighted by Crippen LogP contribution is -2.33. The number of nitrogens with one attached hydrogen (secondary N) is 1. The Balaban J connectivity index is 1.82. The molecule has 0 aliphatic carbocycles. The zero-order chi connectivity index (χ0) is 12.3. The minimum absolute atomic E-state index is 0.0124. The molecule has 1 atom stereocenters. The van der Waals surface area contributed by atoms with Gasteiger partial charge in [0, 0.05) is 17.9 Å². The minimum atomic E-state index is -0.252. The first-order chi connectivity index (χ1) is 8.16. The van der Waals surface area contributed by atoms with Crippen LogP contribution in [-0.4, -0.2) is 23.6 Å². The highest BCUT2D eigenvalue weighted by atomic mass is 32.1. The van der Waals surface area contributed by atoms with E-state index >= 15 is 0 Å². The van der Waals surface area contributed by atoms with Gasteiger partial charge in [-0.3, -0.25) is 4.79 Å². The first kappa shape index (κ1) is 12.5. The van der Waals surface area contributed by atoms with Gasteiger partial charge in [0.2, 0.25) is 5.91 Å². The second kappa shape index (κ2) is 5.60. The molecule has 1 fully saturated rings. The van der Waals surface area contributed by atoms with Crippen LogP contribution in [-0.2, 0) is 16.1 Å². The second-order valence-electron chi connectivity index (χ2n) is 4.55. The van der Waals surface area contributed by atoms with Crippen molar-refractivity contribution in [3.63, 3.8) is 0 Å². The van der Waals surface area contributed by atoms with Gasteiger partial charge in [-0.2, -0.15) is 0 Å². The summed E-state index contributed by atoms with van der Waals surface area (Å²) in [5, 5.41) is 6.00. The van der Waals surface area contributed by atoms with Crippen LogP contribution < -0.4 is 5.32 Å². The lowest BCUT2D eigenvalue weighted by atomic mass is 10.2. The van der Waals surface area contributed by atoms with E-state index in [0.29, 0.717) is 19.1 Å². The molecule has 1 saturated heterocycles. The lowest BCUT2D eigenvalue weighted by molar-refractivity contribution is -0.130. The van der Waals surface area contributed by atoms with Crippen LogP contribution in [0.5, 0.6) is 0 Å². The first-order valence-corrected chi connectivity index (χ1v) is 6.88. The van der Waals surface area contributed by atoms with Gasteiger partial charge in [-0.25, -0.2) is 4.98 Å². The number of hydrogen-bond donors (Lipinski definition) is 1. The number of nitrogens with zero attached hydrogens (tertiary/aromatic N) is 1. The Bertz CT molecular complexity index is 384. The normalized spacial score (nSPS) is 19.8. The summed E-state index contributed by atoms with van der Waals surface area (Å²) in [7, 11) is 0. The van der Waals surface area contributed by atoms with Crippen molar-refractivity contribution in [2.45, 2.75) is 45.3 Å². The van der Waals surface area contributed by atoms with E-state index < -0.39 is 0 Å². The third-order valence-corrected chi connectivity index (χ3v) is 3.92. The summed E-state index contributed by atoms with van der Waals surface area (Å²) >= 11 is 1.65. The lowest BCUT2D eigenvalue weighted by Gasteiger charge is -2.08. The molecule has 1 amide bonds. The Morgan fingerprint density at radius 3 is 3.12 bits per heavy atom. The Hall–Kier alpha value is -0.940. The second-order valence-corrected chi connectivity index (χ2v) is 5.44. The van der Waals surface area contributed by atoms with Crippen molar-refractivity contribution in [3.05, 3.63) is 16.1 Å². The van der Waals surface area contributed by atoms with E-state index in [0.717, 1.165) is 23.5 Å². The van der Waals surface area contributed by atoms with Gasteiger partial charge in [0.25, 0.3) is 0 Å². The maximum Gasteiger partial charge on any atom is 0.249 e. The molecule has 0 radical (unpaired) electrons. The Morgan fingerprint density at radius 1 is 1.71 bits per heavy atom. The third-order valence-electron chi connectivity index (χ3n) is 2.73. The molecule has 0 aromatic carbocycles. The highest BCUT2D eigenvalue weighted by molar-refractivity contribution is 7.09. The predicted molar refractivity (Wildman–Crippen MR) is 67.0 cm³/mol. The van der Waals surface area contributed by atoms with E-state index in [1.165, 1.54) is 0 Å². The largest absolute Gasteiger partial charge is 0.368 e. The molecule has 5 heteroatoms. The van der Waals surface area contributed by atoms with Crippen LogP contribution in [0.4, 0.5) is 0 Å². The minimum Gasteiger partial charge on any atom is -0.368 e. The Labute approximate surface area is 105 Å². The zero-order valence-electron chi connectivity index (χ0n) is 10.2. The molecule has 0 bridgehead atoms. The highest BCUT2D eigenvalue weighted by Gasteiger charge is 2.23. The van der Waals surface area contributed by atoms with Gasteiger partial charge in [-0.1, -0.05) is 13.8 Å². The molecule has 0 saturated carbocycles. The van der Waals surface area contributed by atoms with E-state index in [2.05, 4.69) is 24.1 Å². The number of carbonyl (C=O) groups excluding carboxylic acids is 1. The number of carbonyl (C=O) groups is 1. The molecule has 17 heavy (non-hydrogen) atoms. The van der Waals surface area contributed by atoms with Crippen molar-refractivity contribution in [2.75, 3.05) is 6.61 Å². The number of amides is 1. The Kier molecular flexibility index (Phi) is 4.12. The number of thiazole rings is 1. The van der Waals surface area contributed by atoms with Gasteiger partial charge in [0.1, 0.15) is 6.10 Å². The third kappa shape index (κ3) is 3.26. The van der Waals surface area contributed by atoms with Crippen LogP contribution in [0.3, 0.4) is 0 Å². The maximum atomic E-state index is 11.7. The van der Waals surface area contributed by atoms with Crippen LogP contribution >= 0.6 is 11.3 Å². The fourth-order valence-corrected chi connectivity index (χ4v) is 2.58. The van der Waals surface area contributed by atoms with E-state index in [-0.39, 0.29) is 12.0 Å². The van der Waals surface area contributed by atoms with Gasteiger partial charge in [0.05, 0.1) is 17.2 Å². The number of hydrogen-bond acceptors (Lipinski definition) is 4. The molecule has 94 valence electrons. The first-order valence-electron chi connectivity index (χ1n) is 6.00. The van der Waals surface area contributed by atoms with Crippen molar-refractivity contribution >= 4 is 17.2 Å². The molecule has 1 aromatic heterocycles. The smallest absolute Gasteiger partial charge is 0.249 e. The van der Waals surface area contributed by atoms with Crippen LogP contribution in [0.1, 0.15) is 43.3 Å². The molecule has 1 aromatic rings. The molecule has 0 spiro atoms. The average Bonchev–Trinajstić information content (AvgIpc) is 2.97. The van der Waals surface area contributed by atoms with Crippen LogP contribution in [0.2, 0.25) is 0 Å². The molecule has 1 unspecified atom stereocenters. The van der Waals surface area contributed by atoms with Crippen LogP contribution in [0.15, 0.2) is 5.38 Å². The van der Waals surface area contributed by atoms with Gasteiger partial charge < -0.3 is 10.1 Å². The number of ether oxygens (including phenoxy) is 1. The quantitative estimate of drug-likeness (QED) is 0.894. The van der Waals surface area contributed by atoms with E-state index in [9.17, 15) is 4.79 Å². The van der Waals surface area contributed by atoms with Gasteiger partial charge in [-0.15, -0.1) is 11.3 Å². The van der Waals surface area contributed by atoms with Gasteiger partial charge >= 0.3 is 0 Å². The molecule has 1 aliphatic rings. The SMILES string of the molecule is CC(C)c1nc(CNC(=O)C2CCCO2)cs1. The van der Waals surface area contributed by atoms with Crippen molar-refractivity contribution in [3.8, 4) is 0 Å². The van der Waals surface area contributed by atoms with Gasteiger partial charge in [0.15, 0.2) is 0 Å². The molecular weight excluding hydrogens is 236 g/mol. The fraction of sp³-hybridized carbons (Fsp3) is 0.667. The van der Waals surface area contributed by atoms with Crippen molar-refractivity contribution in [1.29, 1.82) is 0 Å². The molecular formula is C12H18N2O2S. The fourth-order valence-electron chi connectivity index (χ4n) is 1.74. The monoisotopic (exact) mass is 254 g/mol. The molecule has 1 aliphatic heterocycles. The summed E-state index contributed by atoms with van der Waals surface area (Å²) in [4.78, 5) is 16.2. The van der Waals surface area contributed by atoms with Crippen LogP contribution in [0.25, 0.3) is 0 Å². The number of aromatic nitrogens is 1. The maximum absolute atomic E-state index is 11.7. The Morgan fingerprint density at radius 2 is 2.53 bits per heavy atom. The summed E-state index contributed by atoms with van der Waals surface area (Å²) in [6.45, 7) is 5.44. The molecule has 1 N–H and O–H groups in total. The molecule has 2 rings (SSSR count). The predicted octanol–water partition coefficient (Wildman–Crippen LogP) is 2.06. The summed E-state index contributed by atoms with van der Waals surface area (Å²) in [5.74, 6) is 0.434. The number of rotatable bonds is 4. The standard InChI is InChI=1S/C12H18N2O2S/c1-8(2)12-14-9(7-17-12)6-13-11(15)10-4-3-5-16-10/h7-8,10H,3-6H2,1-2H3,(H,13,15). The average molecular weight is 254 g/mol. The van der Waals surface area contributed by atoms with Crippen LogP contribution in [0, 0.1) is 0 Å². The van der Waals surface area contributed by atoms with Crippen molar-refractivity contribution < 1.29 is 9.53 Å². The van der Waals surface area contributed by atoms with Crippen molar-refractivity contribution in [2.24, 2.45) is 0 Å². The van der Waals surface area contributed by atoms with Gasteiger partial charge in [-0.05, 0) is 12.8 Å². The highest BCUT2D eigenvalue weighted by Crippen LogP contribution is 2.19. The summed E-state index contributed by atoms with van der Waals surface area (Å²) in [5.41, 5.74) is 0.935. The zero-order valence-corrected chi connectivity index (χ0v) is 11.0. The van der Waals surface area contributed by atoms with E-state index in [1.807, 2.05) is 5.38 Å².